The van der Waals surface area contributed by atoms with Crippen LogP contribution in [0.2, 0.25) is 0 Å². The highest BCUT2D eigenvalue weighted by molar-refractivity contribution is 5.92. The number of nitrogens with two attached hydrogens (primary N) is 1. The lowest BCUT2D eigenvalue weighted by Crippen LogP contribution is -2.22. The first-order valence-corrected chi connectivity index (χ1v) is 8.71. The van der Waals surface area contributed by atoms with Crippen LogP contribution in [0.15, 0.2) is 53.5 Å². The van der Waals surface area contributed by atoms with E-state index in [2.05, 4.69) is 10.3 Å². The van der Waals surface area contributed by atoms with E-state index >= 15 is 0 Å². The highest BCUT2D eigenvalue weighted by Crippen LogP contribution is 2.34. The number of anilines is 1. The Morgan fingerprint density at radius 1 is 1.12 bits per heavy atom. The van der Waals surface area contributed by atoms with E-state index in [0.29, 0.717) is 12.6 Å². The molecule has 132 valence electrons. The van der Waals surface area contributed by atoms with E-state index in [-0.39, 0.29) is 6.10 Å². The molecule has 3 rings (SSSR count). The van der Waals surface area contributed by atoms with Crippen molar-refractivity contribution in [1.29, 1.82) is 0 Å². The Bertz CT molecular complexity index is 710. The summed E-state index contributed by atoms with van der Waals surface area (Å²) < 4.78 is 12.2. The molecule has 1 aliphatic rings. The molecule has 0 amide bonds. The second-order valence-electron chi connectivity index (χ2n) is 6.19. The summed E-state index contributed by atoms with van der Waals surface area (Å²) in [6.07, 6.45) is 4.88. The molecule has 2 aromatic carbocycles. The van der Waals surface area contributed by atoms with Gasteiger partial charge in [-0.15, -0.1) is 0 Å². The molecule has 25 heavy (non-hydrogen) atoms. The summed E-state index contributed by atoms with van der Waals surface area (Å²) >= 11 is 0. The van der Waals surface area contributed by atoms with Crippen LogP contribution in [-0.4, -0.2) is 19.1 Å². The number of rotatable bonds is 6. The lowest BCUT2D eigenvalue weighted by atomic mass is 10.2. The van der Waals surface area contributed by atoms with Gasteiger partial charge in [-0.25, -0.2) is 0 Å². The number of nitrogens with one attached hydrogen (secondary N) is 1. The number of ether oxygens (including phenoxy) is 2. The number of benzene rings is 2. The molecule has 0 atom stereocenters. The smallest absolute Gasteiger partial charge is 0.192 e. The molecule has 0 radical (unpaired) electrons. The van der Waals surface area contributed by atoms with Crippen LogP contribution in [0.4, 0.5) is 5.69 Å². The fraction of sp³-hybridized carbons (Fsp3) is 0.350. The van der Waals surface area contributed by atoms with Crippen molar-refractivity contribution in [3.8, 4) is 11.5 Å². The Balaban J connectivity index is 1.76. The Hall–Kier alpha value is -2.69. The maximum Gasteiger partial charge on any atom is 0.192 e. The third-order valence-electron chi connectivity index (χ3n) is 4.29. The van der Waals surface area contributed by atoms with E-state index < -0.39 is 0 Å². The largest absolute Gasteiger partial charge is 0.486 e. The lowest BCUT2D eigenvalue weighted by molar-refractivity contribution is 0.193. The highest BCUT2D eigenvalue weighted by Gasteiger charge is 2.19. The van der Waals surface area contributed by atoms with Crippen molar-refractivity contribution in [3.63, 3.8) is 0 Å². The third-order valence-corrected chi connectivity index (χ3v) is 4.29. The first-order chi connectivity index (χ1) is 12.2. The SMILES string of the molecule is CN=C(N)Nc1ccc(OCc2ccccc2)c(OC2CCCC2)c1. The molecular weight excluding hydrogens is 314 g/mol. The second kappa shape index (κ2) is 8.42. The van der Waals surface area contributed by atoms with Crippen molar-refractivity contribution < 1.29 is 9.47 Å². The average Bonchev–Trinajstić information content (AvgIpc) is 3.15. The van der Waals surface area contributed by atoms with Crippen molar-refractivity contribution in [3.05, 3.63) is 54.1 Å². The standard InChI is InChI=1S/C20H25N3O2/c1-22-20(21)23-16-11-12-18(24-14-15-7-3-2-4-8-15)19(13-16)25-17-9-5-6-10-17/h2-4,7-8,11-13,17H,5-6,9-10,14H2,1H3,(H3,21,22,23). The maximum absolute atomic E-state index is 6.21. The molecule has 1 saturated carbocycles. The van der Waals surface area contributed by atoms with E-state index in [0.717, 1.165) is 35.6 Å². The van der Waals surface area contributed by atoms with Crippen molar-refractivity contribution in [2.75, 3.05) is 12.4 Å². The van der Waals surface area contributed by atoms with Gasteiger partial charge in [0, 0.05) is 18.8 Å². The first kappa shape index (κ1) is 17.1. The van der Waals surface area contributed by atoms with Gasteiger partial charge in [0.2, 0.25) is 0 Å². The lowest BCUT2D eigenvalue weighted by Gasteiger charge is -2.18. The van der Waals surface area contributed by atoms with Crippen LogP contribution < -0.4 is 20.5 Å². The van der Waals surface area contributed by atoms with Gasteiger partial charge in [-0.1, -0.05) is 30.3 Å². The number of nitrogens with zero attached hydrogens (tertiary/aromatic N) is 1. The minimum Gasteiger partial charge on any atom is -0.486 e. The second-order valence-corrected chi connectivity index (χ2v) is 6.19. The van der Waals surface area contributed by atoms with E-state index in [4.69, 9.17) is 15.2 Å². The Morgan fingerprint density at radius 2 is 1.88 bits per heavy atom. The normalized spacial score (nSPS) is 15.2. The predicted molar refractivity (Wildman–Crippen MR) is 101 cm³/mol. The van der Waals surface area contributed by atoms with Crippen LogP contribution in [0.3, 0.4) is 0 Å². The molecule has 1 aliphatic carbocycles. The molecule has 2 aromatic rings. The van der Waals surface area contributed by atoms with Crippen LogP contribution in [-0.2, 0) is 6.61 Å². The summed E-state index contributed by atoms with van der Waals surface area (Å²) in [5, 5.41) is 3.05. The summed E-state index contributed by atoms with van der Waals surface area (Å²) in [6, 6.07) is 15.9. The fourth-order valence-corrected chi connectivity index (χ4v) is 2.92. The van der Waals surface area contributed by atoms with Gasteiger partial charge in [0.1, 0.15) is 6.61 Å². The van der Waals surface area contributed by atoms with Gasteiger partial charge in [-0.2, -0.15) is 0 Å². The summed E-state index contributed by atoms with van der Waals surface area (Å²) in [4.78, 5) is 3.93. The molecule has 0 aromatic heterocycles. The van der Waals surface area contributed by atoms with Gasteiger partial charge in [-0.05, 0) is 43.4 Å². The zero-order chi connectivity index (χ0) is 17.5. The zero-order valence-electron chi connectivity index (χ0n) is 14.6. The molecule has 0 saturated heterocycles. The maximum atomic E-state index is 6.21. The summed E-state index contributed by atoms with van der Waals surface area (Å²) in [5.74, 6) is 1.86. The Kier molecular flexibility index (Phi) is 5.77. The topological polar surface area (TPSA) is 68.9 Å². The summed E-state index contributed by atoms with van der Waals surface area (Å²) in [7, 11) is 1.65. The number of guanidine groups is 1. The van der Waals surface area contributed by atoms with E-state index in [9.17, 15) is 0 Å². The van der Waals surface area contributed by atoms with Crippen molar-refractivity contribution in [2.24, 2.45) is 10.7 Å². The zero-order valence-corrected chi connectivity index (χ0v) is 14.6. The molecule has 3 N–H and O–H groups in total. The molecular formula is C20H25N3O2. The molecule has 1 fully saturated rings. The van der Waals surface area contributed by atoms with Crippen molar-refractivity contribution in [2.45, 2.75) is 38.4 Å². The van der Waals surface area contributed by atoms with Crippen molar-refractivity contribution in [1.82, 2.24) is 0 Å². The predicted octanol–water partition coefficient (Wildman–Crippen LogP) is 3.94. The molecule has 0 heterocycles. The highest BCUT2D eigenvalue weighted by atomic mass is 16.5. The summed E-state index contributed by atoms with van der Waals surface area (Å²) in [5.41, 5.74) is 7.72. The van der Waals surface area contributed by atoms with Gasteiger partial charge in [0.05, 0.1) is 6.10 Å². The van der Waals surface area contributed by atoms with E-state index in [1.165, 1.54) is 12.8 Å². The van der Waals surface area contributed by atoms with Crippen LogP contribution in [0.1, 0.15) is 31.2 Å². The van der Waals surface area contributed by atoms with Gasteiger partial charge in [-0.3, -0.25) is 4.99 Å². The van der Waals surface area contributed by atoms with Gasteiger partial charge in [0.25, 0.3) is 0 Å². The molecule has 0 aliphatic heterocycles. The van der Waals surface area contributed by atoms with Gasteiger partial charge >= 0.3 is 0 Å². The number of aliphatic imine (C=N–C) groups is 1. The first-order valence-electron chi connectivity index (χ1n) is 8.71. The Labute approximate surface area is 148 Å². The van der Waals surface area contributed by atoms with E-state index in [1.54, 1.807) is 7.05 Å². The number of hydrogen-bond acceptors (Lipinski definition) is 3. The van der Waals surface area contributed by atoms with Gasteiger partial charge in [0.15, 0.2) is 17.5 Å². The van der Waals surface area contributed by atoms with Crippen LogP contribution in [0.25, 0.3) is 0 Å². The summed E-state index contributed by atoms with van der Waals surface area (Å²) in [6.45, 7) is 0.507. The monoisotopic (exact) mass is 339 g/mol. The molecule has 0 bridgehead atoms. The van der Waals surface area contributed by atoms with Gasteiger partial charge < -0.3 is 20.5 Å². The van der Waals surface area contributed by atoms with Crippen LogP contribution in [0.5, 0.6) is 11.5 Å². The quantitative estimate of drug-likeness (QED) is 0.618. The fourth-order valence-electron chi connectivity index (χ4n) is 2.92. The minimum absolute atomic E-state index is 0.256. The molecule has 5 heteroatoms. The molecule has 5 nitrogen and oxygen atoms in total. The molecule has 0 spiro atoms. The molecule has 0 unspecified atom stereocenters. The average molecular weight is 339 g/mol. The minimum atomic E-state index is 0.256. The third kappa shape index (κ3) is 4.89. The Morgan fingerprint density at radius 3 is 2.60 bits per heavy atom. The van der Waals surface area contributed by atoms with Crippen molar-refractivity contribution >= 4 is 11.6 Å². The van der Waals surface area contributed by atoms with E-state index in [1.807, 2.05) is 48.5 Å². The van der Waals surface area contributed by atoms with Crippen LogP contribution in [0, 0.1) is 0 Å². The van der Waals surface area contributed by atoms with Crippen LogP contribution >= 0.6 is 0 Å². The number of hydrogen-bond donors (Lipinski definition) is 2.